The summed E-state index contributed by atoms with van der Waals surface area (Å²) in [4.78, 5) is 34.1. The van der Waals surface area contributed by atoms with E-state index in [1.54, 1.807) is 0 Å². The molecule has 6 nitrogen and oxygen atoms in total. The summed E-state index contributed by atoms with van der Waals surface area (Å²) in [5.41, 5.74) is 0. The Kier molecular flexibility index (Phi) is 14.8. The van der Waals surface area contributed by atoms with Crippen LogP contribution in [0.25, 0.3) is 0 Å². The first-order valence-electron chi connectivity index (χ1n) is 8.51. The van der Waals surface area contributed by atoms with Crippen molar-refractivity contribution in [3.63, 3.8) is 0 Å². The molecule has 3 amide bonds. The van der Waals surface area contributed by atoms with Gasteiger partial charge in [0.25, 0.3) is 0 Å². The van der Waals surface area contributed by atoms with E-state index < -0.39 is 0 Å². The second-order valence-corrected chi connectivity index (χ2v) is 5.95. The normalized spacial score (nSPS) is 10.2. The molecule has 0 aromatic rings. The summed E-state index contributed by atoms with van der Waals surface area (Å²) >= 11 is 3.93. The minimum Gasteiger partial charge on any atom is -0.355 e. The van der Waals surface area contributed by atoms with Crippen molar-refractivity contribution in [2.45, 2.75) is 58.3 Å². The highest BCUT2D eigenvalue weighted by atomic mass is 32.1. The molecular weight excluding hydrogens is 314 g/mol. The van der Waals surface area contributed by atoms with Crippen molar-refractivity contribution in [3.05, 3.63) is 0 Å². The molecule has 0 aromatic carbocycles. The zero-order chi connectivity index (χ0) is 17.3. The fourth-order valence-electron chi connectivity index (χ4n) is 1.98. The average molecular weight is 346 g/mol. The van der Waals surface area contributed by atoms with Crippen LogP contribution in [-0.4, -0.2) is 43.1 Å². The van der Waals surface area contributed by atoms with Gasteiger partial charge in [0.15, 0.2) is 0 Å². The molecule has 0 aliphatic rings. The van der Waals surface area contributed by atoms with Gasteiger partial charge in [0.1, 0.15) is 0 Å². The van der Waals surface area contributed by atoms with Gasteiger partial charge in [-0.2, -0.15) is 12.6 Å². The number of thiol groups is 1. The van der Waals surface area contributed by atoms with Crippen LogP contribution in [-0.2, 0) is 14.4 Å². The van der Waals surface area contributed by atoms with Crippen LogP contribution in [0.5, 0.6) is 0 Å². The molecule has 0 aromatic heterocycles. The van der Waals surface area contributed by atoms with Crippen LogP contribution in [0.4, 0.5) is 0 Å². The van der Waals surface area contributed by atoms with Gasteiger partial charge in [0.05, 0.1) is 13.1 Å². The number of hydrogen-bond acceptors (Lipinski definition) is 4. The van der Waals surface area contributed by atoms with Gasteiger partial charge in [0.2, 0.25) is 17.7 Å². The molecule has 23 heavy (non-hydrogen) atoms. The van der Waals surface area contributed by atoms with Crippen molar-refractivity contribution in [3.8, 4) is 0 Å². The van der Waals surface area contributed by atoms with E-state index in [1.807, 2.05) is 0 Å². The number of hydrogen-bond donors (Lipinski definition) is 4. The molecule has 3 N–H and O–H groups in total. The Balaban J connectivity index is 3.45. The summed E-state index contributed by atoms with van der Waals surface area (Å²) in [6, 6.07) is 0. The number of carbonyl (C=O) groups is 3. The fraction of sp³-hybridized carbons (Fsp3) is 0.812. The summed E-state index contributed by atoms with van der Waals surface area (Å²) in [6.45, 7) is 2.67. The summed E-state index contributed by atoms with van der Waals surface area (Å²) in [7, 11) is 0. The first-order valence-corrected chi connectivity index (χ1v) is 9.14. The molecule has 0 radical (unpaired) electrons. The molecular formula is C16H31N3O3S. The lowest BCUT2D eigenvalue weighted by Crippen LogP contribution is -2.42. The van der Waals surface area contributed by atoms with Crippen LogP contribution in [0.1, 0.15) is 58.3 Å². The second-order valence-electron chi connectivity index (χ2n) is 5.50. The average Bonchev–Trinajstić information content (AvgIpc) is 2.53. The molecule has 134 valence electrons. The number of unbranched alkanes of at least 4 members (excludes halogenated alkanes) is 6. The zero-order valence-corrected chi connectivity index (χ0v) is 15.1. The highest BCUT2D eigenvalue weighted by Gasteiger charge is 2.06. The maximum Gasteiger partial charge on any atom is 0.239 e. The van der Waals surface area contributed by atoms with E-state index in [9.17, 15) is 14.4 Å². The van der Waals surface area contributed by atoms with Crippen molar-refractivity contribution in [2.24, 2.45) is 0 Å². The van der Waals surface area contributed by atoms with E-state index in [0.717, 1.165) is 12.8 Å². The van der Waals surface area contributed by atoms with Crippen molar-refractivity contribution < 1.29 is 14.4 Å². The molecule has 0 unspecified atom stereocenters. The Morgan fingerprint density at radius 1 is 0.739 bits per heavy atom. The minimum absolute atomic E-state index is 0.0578. The van der Waals surface area contributed by atoms with Gasteiger partial charge in [0, 0.05) is 13.0 Å². The maximum absolute atomic E-state index is 11.5. The van der Waals surface area contributed by atoms with Crippen molar-refractivity contribution in [1.82, 2.24) is 16.0 Å². The Bertz CT molecular complexity index is 351. The van der Waals surface area contributed by atoms with E-state index in [0.29, 0.717) is 12.3 Å². The topological polar surface area (TPSA) is 87.3 Å². The summed E-state index contributed by atoms with van der Waals surface area (Å²) in [5.74, 6) is -0.359. The largest absolute Gasteiger partial charge is 0.355 e. The summed E-state index contributed by atoms with van der Waals surface area (Å²) in [5, 5.41) is 7.70. The van der Waals surface area contributed by atoms with Crippen LogP contribution in [0.3, 0.4) is 0 Å². The van der Waals surface area contributed by atoms with Crippen LogP contribution in [0, 0.1) is 0 Å². The number of rotatable bonds is 14. The van der Waals surface area contributed by atoms with Crippen molar-refractivity contribution in [1.29, 1.82) is 0 Å². The minimum atomic E-state index is -0.372. The van der Waals surface area contributed by atoms with Gasteiger partial charge in [-0.25, -0.2) is 0 Å². The quantitative estimate of drug-likeness (QED) is 0.283. The monoisotopic (exact) mass is 345 g/mol. The van der Waals surface area contributed by atoms with Gasteiger partial charge in [-0.15, -0.1) is 0 Å². The molecule has 0 fully saturated rings. The SMILES string of the molecule is CCCCCCCCCNC(=O)CNC(=O)CNC(=O)CCS. The van der Waals surface area contributed by atoms with E-state index in [4.69, 9.17) is 0 Å². The third kappa shape index (κ3) is 15.4. The third-order valence-corrected chi connectivity index (χ3v) is 3.56. The van der Waals surface area contributed by atoms with Crippen LogP contribution < -0.4 is 16.0 Å². The molecule has 0 saturated carbocycles. The van der Waals surface area contributed by atoms with E-state index in [1.165, 1.54) is 32.1 Å². The second kappa shape index (κ2) is 15.6. The van der Waals surface area contributed by atoms with Crippen LogP contribution >= 0.6 is 12.6 Å². The Labute approximate surface area is 145 Å². The Morgan fingerprint density at radius 2 is 1.26 bits per heavy atom. The number of amides is 3. The highest BCUT2D eigenvalue weighted by Crippen LogP contribution is 2.06. The molecule has 0 spiro atoms. The maximum atomic E-state index is 11.5. The highest BCUT2D eigenvalue weighted by molar-refractivity contribution is 7.80. The van der Waals surface area contributed by atoms with Gasteiger partial charge >= 0.3 is 0 Å². The molecule has 0 aliphatic heterocycles. The van der Waals surface area contributed by atoms with Gasteiger partial charge < -0.3 is 16.0 Å². The van der Waals surface area contributed by atoms with Crippen molar-refractivity contribution >= 4 is 30.4 Å². The lowest BCUT2D eigenvalue weighted by Gasteiger charge is -2.08. The lowest BCUT2D eigenvalue weighted by molar-refractivity contribution is -0.127. The van der Waals surface area contributed by atoms with Crippen LogP contribution in [0.15, 0.2) is 0 Å². The number of nitrogens with one attached hydrogen (secondary N) is 3. The summed E-state index contributed by atoms with van der Waals surface area (Å²) < 4.78 is 0. The predicted octanol–water partition coefficient (Wildman–Crippen LogP) is 1.41. The standard InChI is InChI=1S/C16H31N3O3S/c1-2-3-4-5-6-7-8-10-17-15(21)12-19-16(22)13-18-14(20)9-11-23/h23H,2-13H2,1H3,(H,17,21)(H,18,20)(H,19,22). The van der Waals surface area contributed by atoms with E-state index in [2.05, 4.69) is 35.5 Å². The fourth-order valence-corrected chi connectivity index (χ4v) is 2.19. The Hall–Kier alpha value is -1.24. The molecule has 0 heterocycles. The predicted molar refractivity (Wildman–Crippen MR) is 95.5 cm³/mol. The molecule has 0 aliphatic carbocycles. The Morgan fingerprint density at radius 3 is 1.87 bits per heavy atom. The first kappa shape index (κ1) is 21.8. The molecule has 0 atom stereocenters. The van der Waals surface area contributed by atoms with Gasteiger partial charge in [-0.05, 0) is 12.2 Å². The lowest BCUT2D eigenvalue weighted by atomic mass is 10.1. The molecule has 0 rings (SSSR count). The van der Waals surface area contributed by atoms with Gasteiger partial charge in [-0.3, -0.25) is 14.4 Å². The molecule has 0 bridgehead atoms. The van der Waals surface area contributed by atoms with E-state index in [-0.39, 0.29) is 37.2 Å². The van der Waals surface area contributed by atoms with Crippen LogP contribution in [0.2, 0.25) is 0 Å². The third-order valence-electron chi connectivity index (χ3n) is 3.33. The van der Waals surface area contributed by atoms with Gasteiger partial charge in [-0.1, -0.05) is 45.4 Å². The smallest absolute Gasteiger partial charge is 0.239 e. The van der Waals surface area contributed by atoms with E-state index >= 15 is 0 Å². The summed E-state index contributed by atoms with van der Waals surface area (Å²) in [6.07, 6.45) is 8.66. The number of carbonyl (C=O) groups excluding carboxylic acids is 3. The molecule has 7 heteroatoms. The molecule has 0 saturated heterocycles. The first-order chi connectivity index (χ1) is 11.1. The van der Waals surface area contributed by atoms with Crippen molar-refractivity contribution in [2.75, 3.05) is 25.4 Å². The zero-order valence-electron chi connectivity index (χ0n) is 14.2.